The summed E-state index contributed by atoms with van der Waals surface area (Å²) in [5, 5.41) is 3.98. The van der Waals surface area contributed by atoms with Crippen molar-refractivity contribution in [3.8, 4) is 0 Å². The number of aromatic nitrogens is 2. The van der Waals surface area contributed by atoms with Gasteiger partial charge in [0.05, 0.1) is 12.0 Å². The molecule has 0 spiro atoms. The van der Waals surface area contributed by atoms with Crippen LogP contribution >= 0.6 is 0 Å². The second-order valence-electron chi connectivity index (χ2n) is 6.73. The third kappa shape index (κ3) is 4.11. The van der Waals surface area contributed by atoms with E-state index in [0.717, 1.165) is 18.9 Å². The quantitative estimate of drug-likeness (QED) is 0.589. The first kappa shape index (κ1) is 17.7. The Bertz CT molecular complexity index is 720. The molecule has 0 atom stereocenters. The Morgan fingerprint density at radius 1 is 1.32 bits per heavy atom. The molecule has 2 aromatic rings. The van der Waals surface area contributed by atoms with E-state index in [1.807, 2.05) is 0 Å². The molecule has 0 unspecified atom stereocenters. The van der Waals surface area contributed by atoms with E-state index in [2.05, 4.69) is 15.3 Å². The number of nitrogens with zero attached hydrogens (tertiary/aromatic N) is 2. The van der Waals surface area contributed by atoms with Crippen molar-refractivity contribution >= 4 is 22.9 Å². The Morgan fingerprint density at radius 3 is 2.88 bits per heavy atom. The van der Waals surface area contributed by atoms with Gasteiger partial charge < -0.3 is 14.5 Å². The van der Waals surface area contributed by atoms with Crippen molar-refractivity contribution in [2.75, 3.05) is 18.5 Å². The minimum absolute atomic E-state index is 0.322. The molecule has 0 bridgehead atoms. The molecule has 3 rings (SSSR count). The van der Waals surface area contributed by atoms with Gasteiger partial charge >= 0.3 is 5.97 Å². The second kappa shape index (κ2) is 8.32. The molecule has 6 heteroatoms. The molecule has 136 valence electrons. The summed E-state index contributed by atoms with van der Waals surface area (Å²) in [7, 11) is 0. The minimum atomic E-state index is -0.390. The normalized spacial score (nSPS) is 15.4. The molecular formula is C19H27N3O3. The Kier molecular flexibility index (Phi) is 5.89. The van der Waals surface area contributed by atoms with Crippen LogP contribution in [0.3, 0.4) is 0 Å². The van der Waals surface area contributed by atoms with Gasteiger partial charge in [-0.15, -0.1) is 0 Å². The zero-order valence-corrected chi connectivity index (χ0v) is 15.1. The smallest absolute Gasteiger partial charge is 0.342 e. The summed E-state index contributed by atoms with van der Waals surface area (Å²) < 4.78 is 10.8. The molecule has 25 heavy (non-hydrogen) atoms. The third-order valence-electron chi connectivity index (χ3n) is 4.95. The molecule has 1 aliphatic carbocycles. The lowest BCUT2D eigenvalue weighted by molar-refractivity contribution is 0.0526. The number of hydrogen-bond acceptors (Lipinski definition) is 6. The zero-order valence-electron chi connectivity index (χ0n) is 15.1. The predicted molar refractivity (Wildman–Crippen MR) is 96.8 cm³/mol. The van der Waals surface area contributed by atoms with Gasteiger partial charge in [0.25, 0.3) is 0 Å². The van der Waals surface area contributed by atoms with Crippen LogP contribution in [0.1, 0.15) is 68.0 Å². The van der Waals surface area contributed by atoms with E-state index in [-0.39, 0.29) is 5.97 Å². The molecule has 0 saturated heterocycles. The lowest BCUT2D eigenvalue weighted by Gasteiger charge is -2.21. The molecule has 1 aliphatic rings. The van der Waals surface area contributed by atoms with Crippen LogP contribution in [0.15, 0.2) is 10.7 Å². The number of hydrogen-bond donors (Lipinski definition) is 1. The van der Waals surface area contributed by atoms with Crippen molar-refractivity contribution in [2.24, 2.45) is 5.92 Å². The maximum Gasteiger partial charge on any atom is 0.342 e. The highest BCUT2D eigenvalue weighted by Gasteiger charge is 2.23. The van der Waals surface area contributed by atoms with Gasteiger partial charge in [0.15, 0.2) is 0 Å². The van der Waals surface area contributed by atoms with E-state index >= 15 is 0 Å². The maximum atomic E-state index is 12.3. The Hall–Kier alpha value is -2.11. The molecule has 1 fully saturated rings. The van der Waals surface area contributed by atoms with E-state index in [0.29, 0.717) is 34.8 Å². The largest absolute Gasteiger partial charge is 0.462 e. The van der Waals surface area contributed by atoms with Crippen LogP contribution in [0.5, 0.6) is 0 Å². The van der Waals surface area contributed by atoms with Crippen LogP contribution in [0.2, 0.25) is 0 Å². The summed E-state index contributed by atoms with van der Waals surface area (Å²) in [6.07, 6.45) is 10.7. The van der Waals surface area contributed by atoms with E-state index in [1.165, 1.54) is 44.9 Å². The fourth-order valence-corrected chi connectivity index (χ4v) is 3.70. The maximum absolute atomic E-state index is 12.3. The first-order valence-corrected chi connectivity index (χ1v) is 9.35. The van der Waals surface area contributed by atoms with Crippen LogP contribution in [-0.4, -0.2) is 29.1 Å². The monoisotopic (exact) mass is 345 g/mol. The van der Waals surface area contributed by atoms with E-state index in [1.54, 1.807) is 13.8 Å². The number of nitrogens with one attached hydrogen (secondary N) is 1. The van der Waals surface area contributed by atoms with Crippen LogP contribution in [0, 0.1) is 12.8 Å². The number of rotatable bonds is 7. The fraction of sp³-hybridized carbons (Fsp3) is 0.632. The van der Waals surface area contributed by atoms with Crippen molar-refractivity contribution in [3.05, 3.63) is 17.7 Å². The number of carbonyl (C=O) groups is 1. The summed E-state index contributed by atoms with van der Waals surface area (Å²) in [5.74, 6) is 1.64. The van der Waals surface area contributed by atoms with Crippen molar-refractivity contribution in [2.45, 2.75) is 58.8 Å². The molecular weight excluding hydrogens is 318 g/mol. The van der Waals surface area contributed by atoms with Crippen molar-refractivity contribution in [3.63, 3.8) is 0 Å². The number of aryl methyl sites for hydroxylation is 1. The Balaban J connectivity index is 1.69. The number of furan rings is 1. The molecule has 0 radical (unpaired) electrons. The van der Waals surface area contributed by atoms with E-state index in [4.69, 9.17) is 9.15 Å². The molecule has 0 amide bonds. The topological polar surface area (TPSA) is 77.2 Å². The van der Waals surface area contributed by atoms with Gasteiger partial charge in [0.2, 0.25) is 5.71 Å². The van der Waals surface area contributed by atoms with Gasteiger partial charge in [-0.25, -0.2) is 14.8 Å². The Morgan fingerprint density at radius 2 is 2.12 bits per heavy atom. The standard InChI is InChI=1S/C19H27N3O3/c1-3-24-19(23)15-13(2)25-18-16(15)17(21-12-22-18)20-11-7-10-14-8-5-4-6-9-14/h12,14H,3-11H2,1-2H3,(H,20,21,22). The molecule has 0 aliphatic heterocycles. The molecule has 2 aromatic heterocycles. The SMILES string of the molecule is CCOC(=O)c1c(C)oc2ncnc(NCCCC3CCCCC3)c12. The third-order valence-corrected chi connectivity index (χ3v) is 4.95. The molecule has 6 nitrogen and oxygen atoms in total. The summed E-state index contributed by atoms with van der Waals surface area (Å²) in [6, 6.07) is 0. The van der Waals surface area contributed by atoms with E-state index in [9.17, 15) is 4.79 Å². The van der Waals surface area contributed by atoms with Gasteiger partial charge in [-0.2, -0.15) is 0 Å². The number of anilines is 1. The average molecular weight is 345 g/mol. The molecule has 1 N–H and O–H groups in total. The summed E-state index contributed by atoms with van der Waals surface area (Å²) >= 11 is 0. The Labute approximate surface area is 148 Å². The first-order valence-electron chi connectivity index (χ1n) is 9.35. The summed E-state index contributed by atoms with van der Waals surface area (Å²) in [6.45, 7) is 4.69. The number of carbonyl (C=O) groups excluding carboxylic acids is 1. The zero-order chi connectivity index (χ0) is 17.6. The lowest BCUT2D eigenvalue weighted by atomic mass is 9.86. The highest BCUT2D eigenvalue weighted by molar-refractivity contribution is 6.07. The van der Waals surface area contributed by atoms with Gasteiger partial charge in [-0.05, 0) is 32.6 Å². The van der Waals surface area contributed by atoms with Crippen molar-refractivity contribution < 1.29 is 13.9 Å². The highest BCUT2D eigenvalue weighted by atomic mass is 16.5. The van der Waals surface area contributed by atoms with Crippen LogP contribution in [0.25, 0.3) is 11.1 Å². The van der Waals surface area contributed by atoms with Crippen molar-refractivity contribution in [1.29, 1.82) is 0 Å². The summed E-state index contributed by atoms with van der Waals surface area (Å²) in [4.78, 5) is 20.7. The average Bonchev–Trinajstić information content (AvgIpc) is 2.96. The van der Waals surface area contributed by atoms with Gasteiger partial charge in [-0.3, -0.25) is 0 Å². The van der Waals surface area contributed by atoms with Gasteiger partial charge in [-0.1, -0.05) is 32.1 Å². The van der Waals surface area contributed by atoms with Crippen molar-refractivity contribution in [1.82, 2.24) is 9.97 Å². The number of esters is 1. The first-order chi connectivity index (χ1) is 12.2. The van der Waals surface area contributed by atoms with Crippen LogP contribution in [-0.2, 0) is 4.74 Å². The van der Waals surface area contributed by atoms with Crippen LogP contribution in [0.4, 0.5) is 5.82 Å². The van der Waals surface area contributed by atoms with Gasteiger partial charge in [0, 0.05) is 6.54 Å². The fourth-order valence-electron chi connectivity index (χ4n) is 3.70. The summed E-state index contributed by atoms with van der Waals surface area (Å²) in [5.41, 5.74) is 0.845. The van der Waals surface area contributed by atoms with E-state index < -0.39 is 0 Å². The second-order valence-corrected chi connectivity index (χ2v) is 6.73. The molecule has 1 saturated carbocycles. The molecule has 2 heterocycles. The molecule has 0 aromatic carbocycles. The predicted octanol–water partition coefficient (Wildman–Crippen LogP) is 4.48. The highest BCUT2D eigenvalue weighted by Crippen LogP contribution is 2.30. The lowest BCUT2D eigenvalue weighted by Crippen LogP contribution is -2.11. The minimum Gasteiger partial charge on any atom is -0.462 e. The number of fused-ring (bicyclic) bond motifs is 1. The van der Waals surface area contributed by atoms with Gasteiger partial charge in [0.1, 0.15) is 23.5 Å². The van der Waals surface area contributed by atoms with Crippen LogP contribution < -0.4 is 5.32 Å². The number of ether oxygens (including phenoxy) is 1.